The van der Waals surface area contributed by atoms with Crippen LogP contribution in [0.25, 0.3) is 0 Å². The molecule has 0 unspecified atom stereocenters. The highest BCUT2D eigenvalue weighted by atomic mass is 16.1. The molecule has 0 aliphatic heterocycles. The Morgan fingerprint density at radius 2 is 2.11 bits per heavy atom. The van der Waals surface area contributed by atoms with Crippen molar-refractivity contribution in [2.75, 3.05) is 5.32 Å². The maximum atomic E-state index is 11.1. The van der Waals surface area contributed by atoms with Gasteiger partial charge in [0.15, 0.2) is 5.82 Å². The second kappa shape index (κ2) is 4.83. The van der Waals surface area contributed by atoms with Crippen LogP contribution in [-0.4, -0.2) is 15.9 Å². The van der Waals surface area contributed by atoms with Crippen molar-refractivity contribution in [1.29, 1.82) is 0 Å². The highest BCUT2D eigenvalue weighted by Gasteiger charge is 2.05. The van der Waals surface area contributed by atoms with Gasteiger partial charge in [-0.3, -0.25) is 9.78 Å². The van der Waals surface area contributed by atoms with Gasteiger partial charge in [-0.2, -0.15) is 0 Å². The number of primary amides is 1. The summed E-state index contributed by atoms with van der Waals surface area (Å²) in [4.78, 5) is 19.7. The molecule has 0 aliphatic rings. The largest absolute Gasteiger partial charge is 0.366 e. The molecule has 2 rings (SSSR count). The van der Waals surface area contributed by atoms with E-state index in [0.29, 0.717) is 11.4 Å². The minimum Gasteiger partial charge on any atom is -0.366 e. The van der Waals surface area contributed by atoms with Crippen molar-refractivity contribution >= 4 is 17.4 Å². The lowest BCUT2D eigenvalue weighted by molar-refractivity contribution is 0.100. The molecule has 0 spiro atoms. The number of hydrogen-bond acceptors (Lipinski definition) is 4. The molecule has 1 heterocycles. The Morgan fingerprint density at radius 3 is 2.83 bits per heavy atom. The third-order valence-electron chi connectivity index (χ3n) is 2.49. The predicted octanol–water partition coefficient (Wildman–Crippen LogP) is 1.94. The third-order valence-corrected chi connectivity index (χ3v) is 2.49. The van der Waals surface area contributed by atoms with E-state index in [1.165, 1.54) is 0 Å². The van der Waals surface area contributed by atoms with Gasteiger partial charge in [-0.05, 0) is 32.0 Å². The summed E-state index contributed by atoms with van der Waals surface area (Å²) in [6, 6.07) is 6.96. The Hall–Kier alpha value is -2.43. The number of hydrogen-bond donors (Lipinski definition) is 2. The second-order valence-electron chi connectivity index (χ2n) is 4.02. The molecule has 1 aromatic heterocycles. The number of carbonyl (C=O) groups excluding carboxylic acids is 1. The fraction of sp³-hybridized carbons (Fsp3) is 0.154. The van der Waals surface area contributed by atoms with E-state index in [2.05, 4.69) is 15.3 Å². The van der Waals surface area contributed by atoms with Crippen LogP contribution < -0.4 is 11.1 Å². The van der Waals surface area contributed by atoms with Crippen LogP contribution in [-0.2, 0) is 0 Å². The number of nitrogens with zero attached hydrogens (tertiary/aromatic N) is 2. The van der Waals surface area contributed by atoms with Crippen LogP contribution in [0.15, 0.2) is 30.5 Å². The van der Waals surface area contributed by atoms with Gasteiger partial charge >= 0.3 is 0 Å². The van der Waals surface area contributed by atoms with E-state index < -0.39 is 5.91 Å². The van der Waals surface area contributed by atoms with Gasteiger partial charge in [0.25, 0.3) is 0 Å². The first-order chi connectivity index (χ1) is 8.56. The van der Waals surface area contributed by atoms with Crippen molar-refractivity contribution in [2.24, 2.45) is 5.73 Å². The van der Waals surface area contributed by atoms with Gasteiger partial charge in [0.2, 0.25) is 5.91 Å². The number of benzene rings is 1. The molecule has 0 bridgehead atoms. The van der Waals surface area contributed by atoms with Crippen LogP contribution >= 0.6 is 0 Å². The van der Waals surface area contributed by atoms with Gasteiger partial charge in [-0.15, -0.1) is 0 Å². The van der Waals surface area contributed by atoms with Gasteiger partial charge in [0.1, 0.15) is 0 Å². The Bertz CT molecular complexity index is 595. The summed E-state index contributed by atoms with van der Waals surface area (Å²) in [6.07, 6.45) is 1.71. The zero-order chi connectivity index (χ0) is 13.1. The molecule has 1 amide bonds. The molecule has 92 valence electrons. The van der Waals surface area contributed by atoms with Gasteiger partial charge in [0.05, 0.1) is 11.4 Å². The molecule has 2 aromatic rings. The first-order valence-electron chi connectivity index (χ1n) is 5.53. The number of amides is 1. The van der Waals surface area contributed by atoms with Gasteiger partial charge in [-0.25, -0.2) is 4.98 Å². The van der Waals surface area contributed by atoms with E-state index in [1.54, 1.807) is 24.4 Å². The van der Waals surface area contributed by atoms with E-state index in [9.17, 15) is 4.79 Å². The fourth-order valence-electron chi connectivity index (χ4n) is 1.54. The molecule has 0 saturated carbocycles. The van der Waals surface area contributed by atoms with Crippen LogP contribution in [0.4, 0.5) is 11.5 Å². The number of nitrogens with two attached hydrogens (primary N) is 1. The number of aryl methyl sites for hydroxylation is 2. The van der Waals surface area contributed by atoms with Gasteiger partial charge in [0, 0.05) is 17.4 Å². The van der Waals surface area contributed by atoms with Crippen molar-refractivity contribution in [3.05, 3.63) is 47.4 Å². The van der Waals surface area contributed by atoms with Crippen molar-refractivity contribution in [2.45, 2.75) is 13.8 Å². The summed E-state index contributed by atoms with van der Waals surface area (Å²) < 4.78 is 0. The second-order valence-corrected chi connectivity index (χ2v) is 4.02. The van der Waals surface area contributed by atoms with Crippen LogP contribution in [0.5, 0.6) is 0 Å². The van der Waals surface area contributed by atoms with E-state index in [1.807, 2.05) is 19.9 Å². The van der Waals surface area contributed by atoms with Crippen LogP contribution in [0.2, 0.25) is 0 Å². The maximum absolute atomic E-state index is 11.1. The summed E-state index contributed by atoms with van der Waals surface area (Å²) in [6.45, 7) is 3.74. The number of carbonyl (C=O) groups is 1. The molecular formula is C13H14N4O. The Kier molecular flexibility index (Phi) is 3.23. The molecule has 0 saturated heterocycles. The van der Waals surface area contributed by atoms with Gasteiger partial charge < -0.3 is 11.1 Å². The minimum absolute atomic E-state index is 0.453. The van der Waals surface area contributed by atoms with Crippen LogP contribution in [0.3, 0.4) is 0 Å². The molecule has 0 atom stereocenters. The highest BCUT2D eigenvalue weighted by molar-refractivity contribution is 5.93. The molecule has 18 heavy (non-hydrogen) atoms. The summed E-state index contributed by atoms with van der Waals surface area (Å²) in [5, 5.41) is 3.13. The van der Waals surface area contributed by atoms with Gasteiger partial charge in [-0.1, -0.05) is 6.07 Å². The molecule has 0 radical (unpaired) electrons. The lowest BCUT2D eigenvalue weighted by Gasteiger charge is -2.09. The van der Waals surface area contributed by atoms with Crippen molar-refractivity contribution in [3.8, 4) is 0 Å². The molecule has 0 fully saturated rings. The number of aromatic nitrogens is 2. The predicted molar refractivity (Wildman–Crippen MR) is 69.7 cm³/mol. The quantitative estimate of drug-likeness (QED) is 0.861. The maximum Gasteiger partial charge on any atom is 0.248 e. The summed E-state index contributed by atoms with van der Waals surface area (Å²) in [5.74, 6) is 0.224. The molecule has 5 heteroatoms. The number of nitrogens with one attached hydrogen (secondary N) is 1. The van der Waals surface area contributed by atoms with E-state index in [0.717, 1.165) is 17.1 Å². The fourth-order valence-corrected chi connectivity index (χ4v) is 1.54. The first-order valence-corrected chi connectivity index (χ1v) is 5.53. The summed E-state index contributed by atoms with van der Waals surface area (Å²) in [7, 11) is 0. The lowest BCUT2D eigenvalue weighted by Crippen LogP contribution is -2.11. The van der Waals surface area contributed by atoms with Crippen LogP contribution in [0.1, 0.15) is 21.7 Å². The van der Waals surface area contributed by atoms with Crippen molar-refractivity contribution < 1.29 is 4.79 Å². The number of rotatable bonds is 3. The Balaban J connectivity index is 2.31. The first kappa shape index (κ1) is 12.0. The van der Waals surface area contributed by atoms with Crippen molar-refractivity contribution in [1.82, 2.24) is 9.97 Å². The molecule has 5 nitrogen and oxygen atoms in total. The van der Waals surface area contributed by atoms with E-state index in [-0.39, 0.29) is 0 Å². The highest BCUT2D eigenvalue weighted by Crippen LogP contribution is 2.18. The van der Waals surface area contributed by atoms with Crippen molar-refractivity contribution in [3.63, 3.8) is 0 Å². The van der Waals surface area contributed by atoms with E-state index in [4.69, 9.17) is 5.73 Å². The smallest absolute Gasteiger partial charge is 0.248 e. The number of anilines is 2. The average Bonchev–Trinajstić information content (AvgIpc) is 2.34. The molecule has 3 N–H and O–H groups in total. The normalized spacial score (nSPS) is 10.1. The third kappa shape index (κ3) is 2.63. The Labute approximate surface area is 105 Å². The topological polar surface area (TPSA) is 80.9 Å². The molecular weight excluding hydrogens is 228 g/mol. The summed E-state index contributed by atoms with van der Waals surface area (Å²) in [5.41, 5.74) is 8.07. The van der Waals surface area contributed by atoms with Crippen LogP contribution in [0, 0.1) is 13.8 Å². The molecule has 1 aromatic carbocycles. The molecule has 0 aliphatic carbocycles. The zero-order valence-corrected chi connectivity index (χ0v) is 10.3. The SMILES string of the molecule is Cc1cnc(C)c(Nc2cccc(C(N)=O)c2)n1. The monoisotopic (exact) mass is 242 g/mol. The average molecular weight is 242 g/mol. The lowest BCUT2D eigenvalue weighted by atomic mass is 10.2. The standard InChI is InChI=1S/C13H14N4O/c1-8-7-15-9(2)13(16-8)17-11-5-3-4-10(6-11)12(14)18/h3-7H,1-2H3,(H2,14,18)(H,16,17). The van der Waals surface area contributed by atoms with E-state index >= 15 is 0 Å². The summed E-state index contributed by atoms with van der Waals surface area (Å²) >= 11 is 0. The zero-order valence-electron chi connectivity index (χ0n) is 10.3. The minimum atomic E-state index is -0.453. The Morgan fingerprint density at radius 1 is 1.33 bits per heavy atom.